The number of halogens is 3. The Kier molecular flexibility index (Phi) is 3.77. The maximum absolute atomic E-state index is 12.2. The normalized spacial score (nSPS) is 16.3. The van der Waals surface area contributed by atoms with Crippen molar-refractivity contribution in [2.75, 3.05) is 11.3 Å². The summed E-state index contributed by atoms with van der Waals surface area (Å²) in [6.45, 7) is -0.708. The highest BCUT2D eigenvalue weighted by Gasteiger charge is 2.47. The van der Waals surface area contributed by atoms with Gasteiger partial charge in [-0.3, -0.25) is 8.91 Å². The lowest BCUT2D eigenvalue weighted by molar-refractivity contribution is -0.0541. The second-order valence-corrected chi connectivity index (χ2v) is 8.29. The van der Waals surface area contributed by atoms with E-state index in [1.54, 1.807) is 18.2 Å². The Bertz CT molecular complexity index is 1030. The zero-order valence-corrected chi connectivity index (χ0v) is 13.4. The minimum atomic E-state index is -5.65. The van der Waals surface area contributed by atoms with E-state index in [0.29, 0.717) is 22.0 Å². The highest BCUT2D eigenvalue weighted by molar-refractivity contribution is 7.93. The van der Waals surface area contributed by atoms with Crippen LogP contribution in [0.25, 0.3) is 10.8 Å². The number of sulfonamides is 1. The molecule has 0 radical (unpaired) electrons. The van der Waals surface area contributed by atoms with Crippen molar-refractivity contribution >= 4 is 36.6 Å². The quantitative estimate of drug-likeness (QED) is 0.649. The Morgan fingerprint density at radius 1 is 1.12 bits per heavy atom. The van der Waals surface area contributed by atoms with Crippen molar-refractivity contribution in [2.24, 2.45) is 0 Å². The number of nitrogens with one attached hydrogen (secondary N) is 1. The summed E-state index contributed by atoms with van der Waals surface area (Å²) in [4.78, 5) is 0.0701. The molecule has 1 N–H and O–H groups in total. The fraction of sp³-hybridized carbons (Fsp3) is 0.231. The molecule has 0 bridgehead atoms. The Morgan fingerprint density at radius 2 is 1.83 bits per heavy atom. The first kappa shape index (κ1) is 17.0. The summed E-state index contributed by atoms with van der Waals surface area (Å²) in [5.74, 6) is 0. The second-order valence-electron chi connectivity index (χ2n) is 5.03. The summed E-state index contributed by atoms with van der Waals surface area (Å²) in [6, 6.07) is 7.51. The Morgan fingerprint density at radius 3 is 2.50 bits per heavy atom. The summed E-state index contributed by atoms with van der Waals surface area (Å²) < 4.78 is 88.7. The first-order valence-electron chi connectivity index (χ1n) is 6.56. The van der Waals surface area contributed by atoms with Gasteiger partial charge in [0.05, 0.1) is 17.2 Å². The molecule has 11 heteroatoms. The first-order chi connectivity index (χ1) is 11.0. The van der Waals surface area contributed by atoms with E-state index < -0.39 is 32.3 Å². The number of rotatable bonds is 4. The Hall–Kier alpha value is -1.85. The molecule has 2 aromatic carbocycles. The average Bonchev–Trinajstić information content (AvgIpc) is 2.72. The molecule has 0 aliphatic carbocycles. The molecule has 6 nitrogen and oxygen atoms in total. The maximum atomic E-state index is 12.2. The van der Waals surface area contributed by atoms with Crippen molar-refractivity contribution in [3.63, 3.8) is 0 Å². The van der Waals surface area contributed by atoms with Crippen molar-refractivity contribution in [3.8, 4) is 0 Å². The molecule has 0 saturated heterocycles. The molecular formula is C13H10F3NO5S2. The van der Waals surface area contributed by atoms with Crippen LogP contribution in [0.2, 0.25) is 0 Å². The maximum Gasteiger partial charge on any atom is 0.523 e. The van der Waals surface area contributed by atoms with Gasteiger partial charge >= 0.3 is 15.6 Å². The van der Waals surface area contributed by atoms with Gasteiger partial charge in [0.2, 0.25) is 0 Å². The van der Waals surface area contributed by atoms with Crippen molar-refractivity contribution in [1.82, 2.24) is 0 Å². The van der Waals surface area contributed by atoms with Crippen LogP contribution < -0.4 is 4.72 Å². The minimum absolute atomic E-state index is 0.0701. The zero-order chi connectivity index (χ0) is 17.8. The molecule has 0 fully saturated rings. The molecule has 24 heavy (non-hydrogen) atoms. The molecule has 0 unspecified atom stereocenters. The van der Waals surface area contributed by atoms with Crippen molar-refractivity contribution in [1.29, 1.82) is 0 Å². The number of hydrogen-bond acceptors (Lipinski definition) is 5. The van der Waals surface area contributed by atoms with Gasteiger partial charge in [-0.1, -0.05) is 18.2 Å². The standard InChI is InChI=1S/C13H10F3NO5S2/c14-13(15,16)24(20,21)22-7-6-8-4-5-11-12-9(8)2-1-3-10(12)17-23(11,18)19/h1-5,17H,6-7H2. The van der Waals surface area contributed by atoms with Crippen LogP contribution in [0.4, 0.5) is 18.9 Å². The SMILES string of the molecule is O=S1(=O)Nc2cccc3c(CCOS(=O)(=O)C(F)(F)F)ccc1c23. The summed E-state index contributed by atoms with van der Waals surface area (Å²) in [6.07, 6.45) is -0.129. The number of hydrogen-bond donors (Lipinski definition) is 1. The lowest BCUT2D eigenvalue weighted by atomic mass is 10.0. The van der Waals surface area contributed by atoms with Gasteiger partial charge < -0.3 is 0 Å². The monoisotopic (exact) mass is 381 g/mol. The fourth-order valence-corrected chi connectivity index (χ4v) is 4.23. The largest absolute Gasteiger partial charge is 0.523 e. The van der Waals surface area contributed by atoms with Gasteiger partial charge in [0.1, 0.15) is 0 Å². The average molecular weight is 381 g/mol. The van der Waals surface area contributed by atoms with Crippen LogP contribution in [0.15, 0.2) is 35.2 Å². The molecule has 1 aliphatic heterocycles. The number of anilines is 1. The van der Waals surface area contributed by atoms with Crippen LogP contribution in [0.3, 0.4) is 0 Å². The molecular weight excluding hydrogens is 371 g/mol. The van der Waals surface area contributed by atoms with Gasteiger partial charge in [-0.05, 0) is 29.5 Å². The summed E-state index contributed by atoms with van der Waals surface area (Å²) in [5, 5.41) is 0.931. The van der Waals surface area contributed by atoms with Crippen molar-refractivity contribution < 1.29 is 34.2 Å². The van der Waals surface area contributed by atoms with E-state index in [2.05, 4.69) is 8.91 Å². The molecule has 2 aromatic rings. The highest BCUT2D eigenvalue weighted by atomic mass is 32.2. The van der Waals surface area contributed by atoms with Gasteiger partial charge in [0, 0.05) is 5.39 Å². The molecule has 1 aliphatic rings. The number of benzene rings is 2. The Labute approximate surface area is 135 Å². The van der Waals surface area contributed by atoms with E-state index in [-0.39, 0.29) is 11.3 Å². The van der Waals surface area contributed by atoms with Crippen LogP contribution >= 0.6 is 0 Å². The molecule has 3 rings (SSSR count). The summed E-state index contributed by atoms with van der Waals surface area (Å²) in [7, 11) is -9.32. The first-order valence-corrected chi connectivity index (χ1v) is 9.45. The molecule has 1 heterocycles. The van der Waals surface area contributed by atoms with Crippen LogP contribution in [0, 0.1) is 0 Å². The second kappa shape index (κ2) is 5.33. The van der Waals surface area contributed by atoms with Gasteiger partial charge in [-0.2, -0.15) is 21.6 Å². The zero-order valence-electron chi connectivity index (χ0n) is 11.8. The predicted octanol–water partition coefficient (Wildman–Crippen LogP) is 2.36. The van der Waals surface area contributed by atoms with E-state index in [1.807, 2.05) is 0 Å². The van der Waals surface area contributed by atoms with E-state index in [4.69, 9.17) is 0 Å². The van der Waals surface area contributed by atoms with Crippen LogP contribution in [0.1, 0.15) is 5.56 Å². The minimum Gasteiger partial charge on any atom is -0.279 e. The molecule has 0 spiro atoms. The van der Waals surface area contributed by atoms with Gasteiger partial charge in [0.15, 0.2) is 0 Å². The van der Waals surface area contributed by atoms with Gasteiger partial charge in [-0.15, -0.1) is 0 Å². The molecule has 0 saturated carbocycles. The van der Waals surface area contributed by atoms with Crippen LogP contribution in [0.5, 0.6) is 0 Å². The topological polar surface area (TPSA) is 89.5 Å². The number of alkyl halides is 3. The Balaban J connectivity index is 1.91. The van der Waals surface area contributed by atoms with E-state index in [9.17, 15) is 30.0 Å². The van der Waals surface area contributed by atoms with E-state index in [1.165, 1.54) is 12.1 Å². The molecule has 130 valence electrons. The molecule has 0 atom stereocenters. The van der Waals surface area contributed by atoms with Crippen molar-refractivity contribution in [2.45, 2.75) is 16.8 Å². The summed E-state index contributed by atoms with van der Waals surface area (Å²) in [5.41, 5.74) is -4.63. The van der Waals surface area contributed by atoms with Gasteiger partial charge in [-0.25, -0.2) is 8.42 Å². The fourth-order valence-electron chi connectivity index (χ4n) is 2.49. The third-order valence-electron chi connectivity index (χ3n) is 3.52. The lowest BCUT2D eigenvalue weighted by Gasteiger charge is -2.10. The smallest absolute Gasteiger partial charge is 0.279 e. The third kappa shape index (κ3) is 2.72. The van der Waals surface area contributed by atoms with Crippen LogP contribution in [-0.2, 0) is 30.7 Å². The van der Waals surface area contributed by atoms with Gasteiger partial charge in [0.25, 0.3) is 10.0 Å². The van der Waals surface area contributed by atoms with Crippen LogP contribution in [-0.4, -0.2) is 29.0 Å². The van der Waals surface area contributed by atoms with E-state index in [0.717, 1.165) is 0 Å². The predicted molar refractivity (Wildman–Crippen MR) is 79.4 cm³/mol. The lowest BCUT2D eigenvalue weighted by Crippen LogP contribution is -2.26. The molecule has 0 aromatic heterocycles. The molecule has 0 amide bonds. The van der Waals surface area contributed by atoms with Crippen molar-refractivity contribution in [3.05, 3.63) is 35.9 Å². The summed E-state index contributed by atoms with van der Waals surface area (Å²) >= 11 is 0. The van der Waals surface area contributed by atoms with E-state index >= 15 is 0 Å². The highest BCUT2D eigenvalue weighted by Crippen LogP contribution is 2.38. The third-order valence-corrected chi connectivity index (χ3v) is 5.97.